The van der Waals surface area contributed by atoms with Crippen LogP contribution in [0.5, 0.6) is 0 Å². The standard InChI is InChI=1S/C13H10Cl3NO2/c14-7-4-8(15)12-9(10(7)16)5-2-1-3-6(5)11(17-12)13(18)19/h1-2,4-6,11,17H,3H2,(H,18,19)/t5-,6+,11+/m1/s1. The normalized spacial score (nSPS) is 27.6. The molecule has 0 bridgehead atoms. The smallest absolute Gasteiger partial charge is 0.326 e. The lowest BCUT2D eigenvalue weighted by Crippen LogP contribution is -2.42. The van der Waals surface area contributed by atoms with Crippen LogP contribution in [0.3, 0.4) is 0 Å². The summed E-state index contributed by atoms with van der Waals surface area (Å²) in [5, 5.41) is 13.6. The number of anilines is 1. The van der Waals surface area contributed by atoms with Gasteiger partial charge in [0.15, 0.2) is 0 Å². The number of carboxylic acids is 1. The van der Waals surface area contributed by atoms with E-state index in [9.17, 15) is 9.90 Å². The number of aliphatic carboxylic acids is 1. The van der Waals surface area contributed by atoms with E-state index in [0.29, 0.717) is 27.2 Å². The van der Waals surface area contributed by atoms with Crippen LogP contribution in [-0.4, -0.2) is 17.1 Å². The number of fused-ring (bicyclic) bond motifs is 3. The van der Waals surface area contributed by atoms with Crippen LogP contribution in [0.15, 0.2) is 18.2 Å². The lowest BCUT2D eigenvalue weighted by atomic mass is 9.79. The van der Waals surface area contributed by atoms with Crippen LogP contribution in [0.1, 0.15) is 17.9 Å². The van der Waals surface area contributed by atoms with Crippen LogP contribution in [0.25, 0.3) is 0 Å². The number of nitrogens with one attached hydrogen (secondary N) is 1. The molecule has 1 aliphatic carbocycles. The van der Waals surface area contributed by atoms with Gasteiger partial charge in [0.1, 0.15) is 6.04 Å². The predicted molar refractivity (Wildman–Crippen MR) is 76.5 cm³/mol. The largest absolute Gasteiger partial charge is 0.480 e. The molecule has 1 aromatic rings. The molecule has 0 saturated carbocycles. The number of carbonyl (C=O) groups is 1. The summed E-state index contributed by atoms with van der Waals surface area (Å²) < 4.78 is 0. The van der Waals surface area contributed by atoms with Crippen molar-refractivity contribution in [1.29, 1.82) is 0 Å². The van der Waals surface area contributed by atoms with E-state index in [-0.39, 0.29) is 11.8 Å². The van der Waals surface area contributed by atoms with Gasteiger partial charge in [-0.05, 0) is 12.5 Å². The third-order valence-electron chi connectivity index (χ3n) is 3.75. The molecule has 1 aliphatic heterocycles. The van der Waals surface area contributed by atoms with Crippen LogP contribution in [-0.2, 0) is 4.79 Å². The third-order valence-corrected chi connectivity index (χ3v) is 4.85. The second kappa shape index (κ2) is 4.58. The van der Waals surface area contributed by atoms with E-state index in [1.54, 1.807) is 0 Å². The average molecular weight is 319 g/mol. The highest BCUT2D eigenvalue weighted by Crippen LogP contribution is 2.51. The topological polar surface area (TPSA) is 49.3 Å². The fraction of sp³-hybridized carbons (Fsp3) is 0.308. The van der Waals surface area contributed by atoms with Crippen molar-refractivity contribution in [2.45, 2.75) is 18.4 Å². The Morgan fingerprint density at radius 3 is 2.74 bits per heavy atom. The van der Waals surface area contributed by atoms with Crippen molar-refractivity contribution < 1.29 is 9.90 Å². The molecule has 0 amide bonds. The SMILES string of the molecule is O=C(O)[C@H]1Nc2c(Cl)cc(Cl)c(Cl)c2[C@@H]2C=CC[C@H]12. The molecule has 100 valence electrons. The summed E-state index contributed by atoms with van der Waals surface area (Å²) in [5.41, 5.74) is 1.38. The van der Waals surface area contributed by atoms with E-state index < -0.39 is 12.0 Å². The number of halogens is 3. The first-order valence-corrected chi connectivity index (χ1v) is 6.97. The van der Waals surface area contributed by atoms with Crippen LogP contribution in [0, 0.1) is 5.92 Å². The highest BCUT2D eigenvalue weighted by Gasteiger charge is 2.42. The summed E-state index contributed by atoms with van der Waals surface area (Å²) in [4.78, 5) is 11.4. The molecule has 3 rings (SSSR count). The Balaban J connectivity index is 2.21. The molecule has 1 heterocycles. The lowest BCUT2D eigenvalue weighted by Gasteiger charge is -2.36. The Morgan fingerprint density at radius 1 is 1.32 bits per heavy atom. The van der Waals surface area contributed by atoms with Gasteiger partial charge < -0.3 is 10.4 Å². The second-order valence-corrected chi connectivity index (χ2v) is 5.95. The number of rotatable bonds is 1. The molecule has 19 heavy (non-hydrogen) atoms. The van der Waals surface area contributed by atoms with Crippen LogP contribution < -0.4 is 5.32 Å². The first kappa shape index (κ1) is 13.1. The number of hydrogen-bond donors (Lipinski definition) is 2. The Bertz CT molecular complexity index is 600. The van der Waals surface area contributed by atoms with Crippen molar-refractivity contribution in [3.8, 4) is 0 Å². The van der Waals surface area contributed by atoms with E-state index in [1.165, 1.54) is 6.07 Å². The van der Waals surface area contributed by atoms with Crippen LogP contribution >= 0.6 is 34.8 Å². The third kappa shape index (κ3) is 1.92. The molecular weight excluding hydrogens is 309 g/mol. The molecule has 0 fully saturated rings. The van der Waals surface area contributed by atoms with Gasteiger partial charge in [-0.15, -0.1) is 0 Å². The zero-order valence-electron chi connectivity index (χ0n) is 9.66. The summed E-state index contributed by atoms with van der Waals surface area (Å²) in [7, 11) is 0. The van der Waals surface area contributed by atoms with Crippen molar-refractivity contribution in [1.82, 2.24) is 0 Å². The number of carboxylic acid groups (broad SMARTS) is 1. The van der Waals surface area contributed by atoms with Gasteiger partial charge in [-0.2, -0.15) is 0 Å². The highest BCUT2D eigenvalue weighted by atomic mass is 35.5. The summed E-state index contributed by atoms with van der Waals surface area (Å²) >= 11 is 18.5. The average Bonchev–Trinajstić information content (AvgIpc) is 2.82. The second-order valence-electron chi connectivity index (χ2n) is 4.76. The molecule has 2 N–H and O–H groups in total. The fourth-order valence-electron chi connectivity index (χ4n) is 2.91. The molecule has 0 spiro atoms. The molecule has 6 heteroatoms. The number of hydrogen-bond acceptors (Lipinski definition) is 2. The van der Waals surface area contributed by atoms with Gasteiger partial charge in [0.2, 0.25) is 0 Å². The van der Waals surface area contributed by atoms with Crippen molar-refractivity contribution in [2.24, 2.45) is 5.92 Å². The molecule has 1 aromatic carbocycles. The van der Waals surface area contributed by atoms with Gasteiger partial charge in [-0.1, -0.05) is 47.0 Å². The lowest BCUT2D eigenvalue weighted by molar-refractivity contribution is -0.139. The molecule has 2 aliphatic rings. The van der Waals surface area contributed by atoms with E-state index in [2.05, 4.69) is 5.32 Å². The summed E-state index contributed by atoms with van der Waals surface area (Å²) in [6, 6.07) is 0.872. The Morgan fingerprint density at radius 2 is 2.05 bits per heavy atom. The maximum Gasteiger partial charge on any atom is 0.326 e. The first-order valence-electron chi connectivity index (χ1n) is 5.84. The van der Waals surface area contributed by atoms with E-state index in [4.69, 9.17) is 34.8 Å². The maximum absolute atomic E-state index is 11.4. The van der Waals surface area contributed by atoms with Gasteiger partial charge in [-0.3, -0.25) is 0 Å². The number of benzene rings is 1. The van der Waals surface area contributed by atoms with Gasteiger partial charge in [-0.25, -0.2) is 4.79 Å². The Labute approximate surface area is 125 Å². The molecular formula is C13H10Cl3NO2. The monoisotopic (exact) mass is 317 g/mol. The van der Waals surface area contributed by atoms with E-state index in [1.807, 2.05) is 12.2 Å². The summed E-state index contributed by atoms with van der Waals surface area (Å²) in [6.07, 6.45) is 4.67. The minimum Gasteiger partial charge on any atom is -0.480 e. The van der Waals surface area contributed by atoms with Crippen molar-refractivity contribution in [2.75, 3.05) is 5.32 Å². The van der Waals surface area contributed by atoms with Gasteiger partial charge in [0.25, 0.3) is 0 Å². The van der Waals surface area contributed by atoms with Gasteiger partial charge in [0.05, 0.1) is 20.8 Å². The van der Waals surface area contributed by atoms with Crippen molar-refractivity contribution in [3.63, 3.8) is 0 Å². The van der Waals surface area contributed by atoms with Crippen molar-refractivity contribution >= 4 is 46.5 Å². The molecule has 0 saturated heterocycles. The first-order chi connectivity index (χ1) is 9.00. The quantitative estimate of drug-likeness (QED) is 0.603. The van der Waals surface area contributed by atoms with Crippen LogP contribution in [0.2, 0.25) is 15.1 Å². The molecule has 3 atom stereocenters. The molecule has 0 radical (unpaired) electrons. The molecule has 0 unspecified atom stereocenters. The number of allylic oxidation sites excluding steroid dienone is 2. The maximum atomic E-state index is 11.4. The Hall–Kier alpha value is -0.900. The fourth-order valence-corrected chi connectivity index (χ4v) is 3.71. The van der Waals surface area contributed by atoms with E-state index in [0.717, 1.165) is 5.56 Å². The zero-order chi connectivity index (χ0) is 13.7. The van der Waals surface area contributed by atoms with Gasteiger partial charge in [0, 0.05) is 17.4 Å². The van der Waals surface area contributed by atoms with Crippen molar-refractivity contribution in [3.05, 3.63) is 38.8 Å². The van der Waals surface area contributed by atoms with E-state index >= 15 is 0 Å². The molecule has 3 nitrogen and oxygen atoms in total. The summed E-state index contributed by atoms with van der Waals surface area (Å²) in [6.45, 7) is 0. The minimum absolute atomic E-state index is 0.0546. The highest BCUT2D eigenvalue weighted by molar-refractivity contribution is 6.44. The van der Waals surface area contributed by atoms with Crippen LogP contribution in [0.4, 0.5) is 5.69 Å². The predicted octanol–water partition coefficient (Wildman–Crippen LogP) is 4.19. The summed E-state index contributed by atoms with van der Waals surface area (Å²) in [5.74, 6) is -0.996. The Kier molecular flexibility index (Phi) is 3.16. The molecule has 0 aromatic heterocycles. The minimum atomic E-state index is -0.883. The van der Waals surface area contributed by atoms with Gasteiger partial charge >= 0.3 is 5.97 Å². The zero-order valence-corrected chi connectivity index (χ0v) is 11.9.